The number of nitrogens with zero attached hydrogens (tertiary/aromatic N) is 2. The maximum absolute atomic E-state index is 8.67. The third kappa shape index (κ3) is 6.68. The molecule has 0 bridgehead atoms. The third-order valence-electron chi connectivity index (χ3n) is 2.58. The molecule has 2 nitrogen and oxygen atoms in total. The van der Waals surface area contributed by atoms with Crippen LogP contribution in [0, 0.1) is 17.2 Å². The lowest BCUT2D eigenvalue weighted by Crippen LogP contribution is -2.30. The van der Waals surface area contributed by atoms with E-state index in [4.69, 9.17) is 5.26 Å². The zero-order chi connectivity index (χ0) is 13.2. The second-order valence-electron chi connectivity index (χ2n) is 4.76. The normalized spacial score (nSPS) is 10.8. The van der Waals surface area contributed by atoms with Gasteiger partial charge in [0.25, 0.3) is 0 Å². The van der Waals surface area contributed by atoms with E-state index in [9.17, 15) is 0 Å². The van der Waals surface area contributed by atoms with Gasteiger partial charge in [-0.05, 0) is 18.1 Å². The molecule has 0 aliphatic rings. The van der Waals surface area contributed by atoms with Crippen LogP contribution in [0.15, 0.2) is 35.2 Å². The van der Waals surface area contributed by atoms with E-state index in [1.54, 1.807) is 0 Å². The highest BCUT2D eigenvalue weighted by atomic mass is 32.2. The van der Waals surface area contributed by atoms with Crippen molar-refractivity contribution in [2.24, 2.45) is 5.92 Å². The molecule has 3 heteroatoms. The molecule has 0 N–H and O–H groups in total. The molecule has 1 aromatic rings. The number of benzene rings is 1. The Morgan fingerprint density at radius 3 is 2.56 bits per heavy atom. The Labute approximate surface area is 115 Å². The van der Waals surface area contributed by atoms with Gasteiger partial charge < -0.3 is 4.90 Å². The molecule has 0 spiro atoms. The topological polar surface area (TPSA) is 27.0 Å². The van der Waals surface area contributed by atoms with Crippen molar-refractivity contribution >= 4 is 11.8 Å². The monoisotopic (exact) mass is 262 g/mol. The fourth-order valence-corrected chi connectivity index (χ4v) is 2.76. The summed E-state index contributed by atoms with van der Waals surface area (Å²) in [5.41, 5.74) is 0. The lowest BCUT2D eigenvalue weighted by Gasteiger charge is -2.22. The summed E-state index contributed by atoms with van der Waals surface area (Å²) in [5.74, 6) is 1.74. The summed E-state index contributed by atoms with van der Waals surface area (Å²) in [6.45, 7) is 7.48. The second-order valence-corrected chi connectivity index (χ2v) is 5.93. The fraction of sp³-hybridized carbons (Fsp3) is 0.533. The van der Waals surface area contributed by atoms with Crippen LogP contribution in [0.4, 0.5) is 0 Å². The van der Waals surface area contributed by atoms with Crippen LogP contribution >= 0.6 is 11.8 Å². The van der Waals surface area contributed by atoms with Gasteiger partial charge in [-0.1, -0.05) is 32.0 Å². The minimum Gasteiger partial charge on any atom is -0.301 e. The highest BCUT2D eigenvalue weighted by Gasteiger charge is 2.06. The summed E-state index contributed by atoms with van der Waals surface area (Å²) in [4.78, 5) is 3.71. The zero-order valence-electron chi connectivity index (χ0n) is 11.3. The van der Waals surface area contributed by atoms with Gasteiger partial charge in [0.2, 0.25) is 0 Å². The quantitative estimate of drug-likeness (QED) is 0.669. The molecule has 0 saturated heterocycles. The highest BCUT2D eigenvalue weighted by molar-refractivity contribution is 7.99. The second kappa shape index (κ2) is 9.02. The van der Waals surface area contributed by atoms with Gasteiger partial charge in [-0.25, -0.2) is 0 Å². The molecule has 98 valence electrons. The molecule has 0 aromatic heterocycles. The molecule has 0 atom stereocenters. The van der Waals surface area contributed by atoms with E-state index < -0.39 is 0 Å². The maximum atomic E-state index is 8.67. The van der Waals surface area contributed by atoms with Crippen molar-refractivity contribution in [1.82, 2.24) is 4.90 Å². The standard InChI is InChI=1S/C15H22N2S/c1-14(2)13-17(10-6-9-16)11-12-18-15-7-4-3-5-8-15/h3-5,7-8,14H,6,10-13H2,1-2H3. The number of rotatable bonds is 8. The van der Waals surface area contributed by atoms with Gasteiger partial charge in [-0.15, -0.1) is 11.8 Å². The fourth-order valence-electron chi connectivity index (χ4n) is 1.83. The van der Waals surface area contributed by atoms with Gasteiger partial charge in [0.05, 0.1) is 6.07 Å². The van der Waals surface area contributed by atoms with Crippen molar-refractivity contribution in [3.8, 4) is 6.07 Å². The Bertz CT molecular complexity index is 357. The Hall–Kier alpha value is -0.980. The molecule has 0 aliphatic carbocycles. The van der Waals surface area contributed by atoms with E-state index >= 15 is 0 Å². The van der Waals surface area contributed by atoms with Crippen LogP contribution in [0.2, 0.25) is 0 Å². The summed E-state index contributed by atoms with van der Waals surface area (Å²) >= 11 is 1.88. The van der Waals surface area contributed by atoms with Gasteiger partial charge in [0, 0.05) is 36.7 Å². The molecule has 0 radical (unpaired) electrons. The van der Waals surface area contributed by atoms with Crippen LogP contribution in [-0.4, -0.2) is 30.3 Å². The minimum absolute atomic E-state index is 0.628. The lowest BCUT2D eigenvalue weighted by atomic mass is 10.2. The predicted molar refractivity (Wildman–Crippen MR) is 78.7 cm³/mol. The van der Waals surface area contributed by atoms with Crippen molar-refractivity contribution in [1.29, 1.82) is 5.26 Å². The van der Waals surface area contributed by atoms with Crippen molar-refractivity contribution in [3.63, 3.8) is 0 Å². The molecule has 0 unspecified atom stereocenters. The van der Waals surface area contributed by atoms with Crippen molar-refractivity contribution in [2.45, 2.75) is 25.2 Å². The van der Waals surface area contributed by atoms with E-state index in [1.807, 2.05) is 17.8 Å². The maximum Gasteiger partial charge on any atom is 0.0635 e. The molecule has 0 heterocycles. The average molecular weight is 262 g/mol. The van der Waals surface area contributed by atoms with Crippen LogP contribution in [-0.2, 0) is 0 Å². The van der Waals surface area contributed by atoms with E-state index in [0.717, 1.165) is 25.4 Å². The molecule has 1 rings (SSSR count). The first-order valence-corrected chi connectivity index (χ1v) is 7.48. The number of thioether (sulfide) groups is 1. The highest BCUT2D eigenvalue weighted by Crippen LogP contribution is 2.17. The van der Waals surface area contributed by atoms with Crippen molar-refractivity contribution in [2.75, 3.05) is 25.4 Å². The molecule has 18 heavy (non-hydrogen) atoms. The summed E-state index contributed by atoms with van der Waals surface area (Å²) in [6, 6.07) is 12.7. The molecule has 0 saturated carbocycles. The predicted octanol–water partition coefficient (Wildman–Crippen LogP) is 3.65. The van der Waals surface area contributed by atoms with Crippen LogP contribution in [0.1, 0.15) is 20.3 Å². The number of hydrogen-bond acceptors (Lipinski definition) is 3. The Balaban J connectivity index is 2.30. The number of nitriles is 1. The molecular formula is C15H22N2S. The molecule has 0 fully saturated rings. The van der Waals surface area contributed by atoms with Gasteiger partial charge in [-0.2, -0.15) is 5.26 Å². The van der Waals surface area contributed by atoms with Crippen molar-refractivity contribution < 1.29 is 0 Å². The summed E-state index contributed by atoms with van der Waals surface area (Å²) < 4.78 is 0. The summed E-state index contributed by atoms with van der Waals surface area (Å²) in [6.07, 6.45) is 0.628. The smallest absolute Gasteiger partial charge is 0.0635 e. The number of hydrogen-bond donors (Lipinski definition) is 0. The van der Waals surface area contributed by atoms with Gasteiger partial charge in [0.1, 0.15) is 0 Å². The van der Waals surface area contributed by atoms with Crippen LogP contribution in [0.5, 0.6) is 0 Å². The minimum atomic E-state index is 0.628. The molecule has 0 aliphatic heterocycles. The first-order valence-electron chi connectivity index (χ1n) is 6.49. The van der Waals surface area contributed by atoms with Crippen LogP contribution in [0.25, 0.3) is 0 Å². The molecule has 0 amide bonds. The SMILES string of the molecule is CC(C)CN(CCC#N)CCSc1ccccc1. The average Bonchev–Trinajstić information content (AvgIpc) is 2.36. The van der Waals surface area contributed by atoms with E-state index in [1.165, 1.54) is 4.90 Å². The molecule has 1 aromatic carbocycles. The Morgan fingerprint density at radius 2 is 1.94 bits per heavy atom. The Kier molecular flexibility index (Phi) is 7.55. The van der Waals surface area contributed by atoms with Crippen LogP contribution < -0.4 is 0 Å². The van der Waals surface area contributed by atoms with Gasteiger partial charge in [-0.3, -0.25) is 0 Å². The zero-order valence-corrected chi connectivity index (χ0v) is 12.1. The largest absolute Gasteiger partial charge is 0.301 e. The summed E-state index contributed by atoms with van der Waals surface area (Å²) in [5, 5.41) is 8.67. The molecular weight excluding hydrogens is 240 g/mol. The van der Waals surface area contributed by atoms with E-state index in [2.05, 4.69) is 49.1 Å². The first kappa shape index (κ1) is 15.1. The van der Waals surface area contributed by atoms with Gasteiger partial charge >= 0.3 is 0 Å². The van der Waals surface area contributed by atoms with E-state index in [-0.39, 0.29) is 0 Å². The summed E-state index contributed by atoms with van der Waals surface area (Å²) in [7, 11) is 0. The van der Waals surface area contributed by atoms with Gasteiger partial charge in [0.15, 0.2) is 0 Å². The van der Waals surface area contributed by atoms with Crippen molar-refractivity contribution in [3.05, 3.63) is 30.3 Å². The third-order valence-corrected chi connectivity index (χ3v) is 3.57. The first-order chi connectivity index (χ1) is 8.72. The van der Waals surface area contributed by atoms with Crippen LogP contribution in [0.3, 0.4) is 0 Å². The Morgan fingerprint density at radius 1 is 1.22 bits per heavy atom. The lowest BCUT2D eigenvalue weighted by molar-refractivity contribution is 0.264. The van der Waals surface area contributed by atoms with E-state index in [0.29, 0.717) is 12.3 Å².